The zero-order valence-electron chi connectivity index (χ0n) is 19.0. The highest BCUT2D eigenvalue weighted by Crippen LogP contribution is 2.38. The minimum absolute atomic E-state index is 0.201. The molecule has 0 spiro atoms. The van der Waals surface area contributed by atoms with Gasteiger partial charge in [0, 0.05) is 30.5 Å². The molecule has 5 aromatic rings. The number of nitrogens with two attached hydrogens (primary N) is 1. The summed E-state index contributed by atoms with van der Waals surface area (Å²) in [5.74, 6) is 0.432. The van der Waals surface area contributed by atoms with E-state index in [1.54, 1.807) is 35.0 Å². The molecule has 0 radical (unpaired) electrons. The molecule has 0 bridgehead atoms. The number of halogens is 3. The Kier molecular flexibility index (Phi) is 6.34. The molecule has 3 heterocycles. The standard InChI is InChI=1S/C26H22F3N7/c27-26(28,29)20-8-4-7-19(14-20)22-23(18-9-11-31-12-10-18)34-25(36-16-33-35-24(22)36)32-15-21(30)13-17-5-2-1-3-6-17/h1-12,14,16,21H,13,15,30H2,(H,32,34). The Hall–Kier alpha value is -4.31. The molecule has 1 unspecified atom stereocenters. The van der Waals surface area contributed by atoms with Gasteiger partial charge in [-0.3, -0.25) is 9.38 Å². The van der Waals surface area contributed by atoms with Crippen LogP contribution in [0.4, 0.5) is 19.1 Å². The molecule has 7 nitrogen and oxygen atoms in total. The van der Waals surface area contributed by atoms with Gasteiger partial charge in [-0.05, 0) is 41.8 Å². The summed E-state index contributed by atoms with van der Waals surface area (Å²) >= 11 is 0. The monoisotopic (exact) mass is 489 g/mol. The van der Waals surface area contributed by atoms with E-state index in [-0.39, 0.29) is 6.04 Å². The first kappa shape index (κ1) is 23.4. The molecule has 0 amide bonds. The fourth-order valence-electron chi connectivity index (χ4n) is 4.05. The fraction of sp³-hybridized carbons (Fsp3) is 0.154. The van der Waals surface area contributed by atoms with E-state index in [1.165, 1.54) is 12.4 Å². The van der Waals surface area contributed by atoms with Crippen molar-refractivity contribution in [2.75, 3.05) is 11.9 Å². The molecule has 0 saturated heterocycles. The molecule has 3 aromatic heterocycles. The zero-order valence-corrected chi connectivity index (χ0v) is 19.0. The van der Waals surface area contributed by atoms with Crippen molar-refractivity contribution in [3.05, 3.63) is 96.6 Å². The second-order valence-corrected chi connectivity index (χ2v) is 8.33. The summed E-state index contributed by atoms with van der Waals surface area (Å²) in [6.45, 7) is 0.411. The molecule has 5 rings (SSSR count). The number of pyridine rings is 1. The maximum atomic E-state index is 13.5. The van der Waals surface area contributed by atoms with E-state index < -0.39 is 11.7 Å². The average molecular weight is 490 g/mol. The highest BCUT2D eigenvalue weighted by Gasteiger charge is 2.31. The van der Waals surface area contributed by atoms with Crippen molar-refractivity contribution in [3.8, 4) is 22.4 Å². The molecule has 0 fully saturated rings. The third-order valence-electron chi connectivity index (χ3n) is 5.75. The van der Waals surface area contributed by atoms with Crippen molar-refractivity contribution in [1.29, 1.82) is 0 Å². The SMILES string of the molecule is NC(CNc1nc(-c2ccncc2)c(-c2cccc(C(F)(F)F)c2)c2nncn12)Cc1ccccc1. The van der Waals surface area contributed by atoms with Crippen LogP contribution in [-0.2, 0) is 12.6 Å². The van der Waals surface area contributed by atoms with E-state index in [0.29, 0.717) is 46.9 Å². The predicted octanol–water partition coefficient (Wildman–Crippen LogP) is 4.85. The molecule has 0 aliphatic heterocycles. The largest absolute Gasteiger partial charge is 0.416 e. The number of aromatic nitrogens is 5. The maximum Gasteiger partial charge on any atom is 0.416 e. The van der Waals surface area contributed by atoms with Crippen molar-refractivity contribution < 1.29 is 13.2 Å². The lowest BCUT2D eigenvalue weighted by atomic mass is 9.99. The van der Waals surface area contributed by atoms with Gasteiger partial charge in [0.2, 0.25) is 5.95 Å². The molecular formula is C26H22F3N7. The first-order valence-corrected chi connectivity index (χ1v) is 11.3. The van der Waals surface area contributed by atoms with Crippen LogP contribution in [0.5, 0.6) is 0 Å². The number of nitrogens with one attached hydrogen (secondary N) is 1. The summed E-state index contributed by atoms with van der Waals surface area (Å²) in [5.41, 5.74) is 8.98. The first-order valence-electron chi connectivity index (χ1n) is 11.3. The second kappa shape index (κ2) is 9.74. The summed E-state index contributed by atoms with van der Waals surface area (Å²) in [6, 6.07) is 18.3. The number of rotatable bonds is 7. The van der Waals surface area contributed by atoms with Crippen LogP contribution in [0.2, 0.25) is 0 Å². The lowest BCUT2D eigenvalue weighted by molar-refractivity contribution is -0.137. The summed E-state index contributed by atoms with van der Waals surface area (Å²) in [5, 5.41) is 11.5. The number of alkyl halides is 3. The van der Waals surface area contributed by atoms with Gasteiger partial charge in [-0.1, -0.05) is 42.5 Å². The Bertz CT molecular complexity index is 1470. The first-order chi connectivity index (χ1) is 17.4. The Labute approximate surface area is 204 Å². The van der Waals surface area contributed by atoms with E-state index in [1.807, 2.05) is 30.3 Å². The molecule has 10 heteroatoms. The highest BCUT2D eigenvalue weighted by atomic mass is 19.4. The second-order valence-electron chi connectivity index (χ2n) is 8.33. The van der Waals surface area contributed by atoms with Crippen LogP contribution >= 0.6 is 0 Å². The minimum Gasteiger partial charge on any atom is -0.354 e. The zero-order chi connectivity index (χ0) is 25.1. The summed E-state index contributed by atoms with van der Waals surface area (Å²) in [6.07, 6.45) is 0.855. The highest BCUT2D eigenvalue weighted by molar-refractivity contribution is 5.90. The number of benzene rings is 2. The molecule has 0 saturated carbocycles. The van der Waals surface area contributed by atoms with Gasteiger partial charge in [-0.25, -0.2) is 4.98 Å². The van der Waals surface area contributed by atoms with Crippen molar-refractivity contribution in [3.63, 3.8) is 0 Å². The normalized spacial score (nSPS) is 12.6. The van der Waals surface area contributed by atoms with Crippen molar-refractivity contribution in [2.45, 2.75) is 18.6 Å². The number of nitrogens with zero attached hydrogens (tertiary/aromatic N) is 5. The van der Waals surface area contributed by atoms with Crippen molar-refractivity contribution in [2.24, 2.45) is 5.73 Å². The lowest BCUT2D eigenvalue weighted by Gasteiger charge is -2.18. The molecule has 0 aliphatic rings. The van der Waals surface area contributed by atoms with Crippen LogP contribution in [0.15, 0.2) is 85.5 Å². The lowest BCUT2D eigenvalue weighted by Crippen LogP contribution is -2.32. The van der Waals surface area contributed by atoms with Crippen molar-refractivity contribution >= 4 is 11.6 Å². The van der Waals surface area contributed by atoms with Gasteiger partial charge in [0.05, 0.1) is 16.8 Å². The van der Waals surface area contributed by atoms with Crippen LogP contribution in [0, 0.1) is 0 Å². The van der Waals surface area contributed by atoms with Crippen LogP contribution < -0.4 is 11.1 Å². The fourth-order valence-corrected chi connectivity index (χ4v) is 4.05. The molecule has 2 aromatic carbocycles. The summed E-state index contributed by atoms with van der Waals surface area (Å²) in [4.78, 5) is 8.85. The number of hydrogen-bond acceptors (Lipinski definition) is 6. The minimum atomic E-state index is -4.49. The number of hydrogen-bond donors (Lipinski definition) is 2. The topological polar surface area (TPSA) is 94.0 Å². The smallest absolute Gasteiger partial charge is 0.354 e. The van der Waals surface area contributed by atoms with Gasteiger partial charge < -0.3 is 11.1 Å². The molecule has 1 atom stereocenters. The number of anilines is 1. The van der Waals surface area contributed by atoms with Crippen LogP contribution in [-0.4, -0.2) is 37.2 Å². The van der Waals surface area contributed by atoms with E-state index in [4.69, 9.17) is 10.7 Å². The van der Waals surface area contributed by atoms with Crippen LogP contribution in [0.25, 0.3) is 28.0 Å². The Morgan fingerprint density at radius 2 is 1.72 bits per heavy atom. The van der Waals surface area contributed by atoms with E-state index in [2.05, 4.69) is 20.5 Å². The van der Waals surface area contributed by atoms with E-state index in [9.17, 15) is 13.2 Å². The molecule has 0 aliphatic carbocycles. The maximum absolute atomic E-state index is 13.5. The molecule has 36 heavy (non-hydrogen) atoms. The van der Waals surface area contributed by atoms with Gasteiger partial charge >= 0.3 is 6.18 Å². The van der Waals surface area contributed by atoms with E-state index >= 15 is 0 Å². The van der Waals surface area contributed by atoms with Gasteiger partial charge in [0.25, 0.3) is 0 Å². The summed E-state index contributed by atoms with van der Waals surface area (Å²) < 4.78 is 42.1. The quantitative estimate of drug-likeness (QED) is 0.339. The Balaban J connectivity index is 1.57. The molecular weight excluding hydrogens is 467 g/mol. The van der Waals surface area contributed by atoms with Crippen molar-refractivity contribution in [1.82, 2.24) is 24.6 Å². The van der Waals surface area contributed by atoms with Gasteiger partial charge in [-0.15, -0.1) is 10.2 Å². The number of fused-ring (bicyclic) bond motifs is 1. The van der Waals surface area contributed by atoms with Gasteiger partial charge in [-0.2, -0.15) is 13.2 Å². The van der Waals surface area contributed by atoms with E-state index in [0.717, 1.165) is 17.7 Å². The summed E-state index contributed by atoms with van der Waals surface area (Å²) in [7, 11) is 0. The Morgan fingerprint density at radius 1 is 0.944 bits per heavy atom. The third-order valence-corrected chi connectivity index (χ3v) is 5.75. The molecule has 3 N–H and O–H groups in total. The average Bonchev–Trinajstić information content (AvgIpc) is 3.38. The van der Waals surface area contributed by atoms with Gasteiger partial charge in [0.15, 0.2) is 5.65 Å². The Morgan fingerprint density at radius 3 is 2.47 bits per heavy atom. The van der Waals surface area contributed by atoms with Gasteiger partial charge in [0.1, 0.15) is 6.33 Å². The predicted molar refractivity (Wildman–Crippen MR) is 131 cm³/mol. The van der Waals surface area contributed by atoms with Crippen LogP contribution in [0.1, 0.15) is 11.1 Å². The van der Waals surface area contributed by atoms with Crippen LogP contribution in [0.3, 0.4) is 0 Å². The third kappa shape index (κ3) is 4.89. The molecule has 182 valence electrons.